The largest absolute Gasteiger partial charge is 0.343 e. The zero-order chi connectivity index (χ0) is 10.9. The van der Waals surface area contributed by atoms with Gasteiger partial charge in [0, 0.05) is 0 Å². The molecule has 1 aromatic rings. The molecule has 1 aliphatic heterocycles. The minimum Gasteiger partial charge on any atom is -0.343 e. The van der Waals surface area contributed by atoms with Crippen LogP contribution in [0.3, 0.4) is 0 Å². The maximum absolute atomic E-state index is 11.8. The average Bonchev–Trinajstić information content (AvgIpc) is 2.17. The van der Waals surface area contributed by atoms with E-state index >= 15 is 0 Å². The molecule has 1 aromatic carbocycles. The smallest absolute Gasteiger partial charge is 0.231 e. The van der Waals surface area contributed by atoms with E-state index in [4.69, 9.17) is 0 Å². The number of rotatable bonds is 3. The number of carbonyl (C=O) groups excluding carboxylic acids is 1. The second kappa shape index (κ2) is 3.86. The molecule has 6 heteroatoms. The monoisotopic (exact) mass is 243 g/mol. The summed E-state index contributed by atoms with van der Waals surface area (Å²) in [6, 6.07) is 8.19. The van der Waals surface area contributed by atoms with E-state index in [0.717, 1.165) is 10.8 Å². The lowest BCUT2D eigenvalue weighted by Crippen LogP contribution is -2.46. The number of carbonyl (C=O) groups is 1. The van der Waals surface area contributed by atoms with Gasteiger partial charge in [0.25, 0.3) is 0 Å². The third-order valence-electron chi connectivity index (χ3n) is 1.97. The first kappa shape index (κ1) is 10.5. The van der Waals surface area contributed by atoms with E-state index in [-0.39, 0.29) is 22.6 Å². The minimum atomic E-state index is -3.34. The van der Waals surface area contributed by atoms with Gasteiger partial charge in [0.2, 0.25) is 14.8 Å². The number of amides is 1. The summed E-state index contributed by atoms with van der Waals surface area (Å²) in [5.41, 5.74) is 0. The van der Waals surface area contributed by atoms with Crippen molar-refractivity contribution in [2.24, 2.45) is 0 Å². The molecule has 1 aliphatic rings. The summed E-state index contributed by atoms with van der Waals surface area (Å²) < 4.78 is 23.5. The molecule has 80 valence electrons. The lowest BCUT2D eigenvalue weighted by atomic mass is 10.3. The van der Waals surface area contributed by atoms with Crippen LogP contribution in [0.25, 0.3) is 0 Å². The summed E-state index contributed by atoms with van der Waals surface area (Å²) in [5, 5.41) is 2.21. The first-order valence-electron chi connectivity index (χ1n) is 4.36. The van der Waals surface area contributed by atoms with E-state index < -0.39 is 8.87 Å². The minimum absolute atomic E-state index is 0.101. The standard InChI is InChI=1S/C9H9NO3S2/c11-8-6-9(10-8)14-15(12,13)7-4-2-1-3-5-7/h1-5,9H,6H2,(H,10,11). The number of nitrogens with one attached hydrogen (secondary N) is 1. The van der Waals surface area contributed by atoms with Crippen molar-refractivity contribution in [2.45, 2.75) is 16.7 Å². The topological polar surface area (TPSA) is 63.2 Å². The van der Waals surface area contributed by atoms with E-state index in [0.29, 0.717) is 0 Å². The predicted molar refractivity (Wildman–Crippen MR) is 57.8 cm³/mol. The fraction of sp³-hybridized carbons (Fsp3) is 0.222. The highest BCUT2D eigenvalue weighted by atomic mass is 33.1. The van der Waals surface area contributed by atoms with Crippen LogP contribution in [0.15, 0.2) is 35.2 Å². The van der Waals surface area contributed by atoms with Gasteiger partial charge < -0.3 is 5.32 Å². The molecule has 1 N–H and O–H groups in total. The maximum atomic E-state index is 11.8. The molecule has 1 amide bonds. The van der Waals surface area contributed by atoms with Crippen molar-refractivity contribution in [2.75, 3.05) is 0 Å². The third kappa shape index (κ3) is 2.32. The van der Waals surface area contributed by atoms with E-state index in [9.17, 15) is 13.2 Å². The van der Waals surface area contributed by atoms with Gasteiger partial charge in [0.15, 0.2) is 0 Å². The normalized spacial score (nSPS) is 20.5. The van der Waals surface area contributed by atoms with Crippen LogP contribution in [0.5, 0.6) is 0 Å². The van der Waals surface area contributed by atoms with Gasteiger partial charge in [0.05, 0.1) is 16.7 Å². The maximum Gasteiger partial charge on any atom is 0.231 e. The molecular weight excluding hydrogens is 234 g/mol. The van der Waals surface area contributed by atoms with Crippen molar-refractivity contribution in [1.29, 1.82) is 0 Å². The molecule has 0 aliphatic carbocycles. The van der Waals surface area contributed by atoms with Gasteiger partial charge in [-0.1, -0.05) is 18.2 Å². The number of benzene rings is 1. The first-order chi connectivity index (χ1) is 7.08. The SMILES string of the molecule is O=C1CC(SS(=O)(=O)c2ccccc2)N1. The summed E-state index contributed by atoms with van der Waals surface area (Å²) in [6.07, 6.45) is 0.275. The van der Waals surface area contributed by atoms with Crippen LogP contribution < -0.4 is 5.32 Å². The third-order valence-corrected chi connectivity index (χ3v) is 5.62. The average molecular weight is 243 g/mol. The molecule has 1 atom stereocenters. The molecule has 0 aromatic heterocycles. The molecule has 15 heavy (non-hydrogen) atoms. The van der Waals surface area contributed by atoms with Crippen molar-refractivity contribution < 1.29 is 13.2 Å². The quantitative estimate of drug-likeness (QED) is 0.634. The summed E-state index contributed by atoms with van der Waals surface area (Å²) in [4.78, 5) is 10.9. The number of hydrogen-bond donors (Lipinski definition) is 1. The Morgan fingerprint density at radius 2 is 1.87 bits per heavy atom. The van der Waals surface area contributed by atoms with Crippen LogP contribution in [0.2, 0.25) is 0 Å². The van der Waals surface area contributed by atoms with Gasteiger partial charge in [-0.05, 0) is 22.9 Å². The van der Waals surface area contributed by atoms with E-state index in [1.807, 2.05) is 0 Å². The van der Waals surface area contributed by atoms with E-state index in [1.165, 1.54) is 0 Å². The molecule has 1 fully saturated rings. The molecule has 2 rings (SSSR count). The van der Waals surface area contributed by atoms with Gasteiger partial charge in [-0.25, -0.2) is 8.42 Å². The lowest BCUT2D eigenvalue weighted by molar-refractivity contribution is -0.126. The first-order valence-corrected chi connectivity index (χ1v) is 7.23. The van der Waals surface area contributed by atoms with Crippen molar-refractivity contribution in [3.05, 3.63) is 30.3 Å². The molecule has 0 radical (unpaired) electrons. The highest BCUT2D eigenvalue weighted by Crippen LogP contribution is 2.30. The predicted octanol–water partition coefficient (Wildman–Crippen LogP) is 0.954. The van der Waals surface area contributed by atoms with Crippen LogP contribution in [-0.4, -0.2) is 19.7 Å². The zero-order valence-corrected chi connectivity index (χ0v) is 9.35. The molecule has 0 saturated carbocycles. The Bertz CT molecular complexity index is 461. The highest BCUT2D eigenvalue weighted by molar-refractivity contribution is 8.72. The molecular formula is C9H9NO3S2. The molecule has 1 unspecified atom stereocenters. The van der Waals surface area contributed by atoms with Crippen LogP contribution in [-0.2, 0) is 13.7 Å². The highest BCUT2D eigenvalue weighted by Gasteiger charge is 2.31. The molecule has 1 saturated heterocycles. The van der Waals surface area contributed by atoms with Gasteiger partial charge in [-0.2, -0.15) is 0 Å². The summed E-state index contributed by atoms with van der Waals surface area (Å²) >= 11 is 0. The number of hydrogen-bond acceptors (Lipinski definition) is 4. The Morgan fingerprint density at radius 3 is 2.40 bits per heavy atom. The van der Waals surface area contributed by atoms with Crippen molar-refractivity contribution >= 4 is 25.6 Å². The Hall–Kier alpha value is -1.01. The van der Waals surface area contributed by atoms with Crippen LogP contribution in [0.1, 0.15) is 6.42 Å². The second-order valence-corrected chi connectivity index (χ2v) is 7.16. The molecule has 0 bridgehead atoms. The van der Waals surface area contributed by atoms with Crippen LogP contribution in [0.4, 0.5) is 0 Å². The van der Waals surface area contributed by atoms with Crippen molar-refractivity contribution in [3.8, 4) is 0 Å². The van der Waals surface area contributed by atoms with Crippen molar-refractivity contribution in [1.82, 2.24) is 5.32 Å². The second-order valence-electron chi connectivity index (χ2n) is 3.12. The fourth-order valence-corrected chi connectivity index (χ4v) is 4.42. The summed E-state index contributed by atoms with van der Waals surface area (Å²) in [5.74, 6) is -0.101. The summed E-state index contributed by atoms with van der Waals surface area (Å²) in [6.45, 7) is 0. The Morgan fingerprint density at radius 1 is 1.27 bits per heavy atom. The zero-order valence-electron chi connectivity index (χ0n) is 7.71. The van der Waals surface area contributed by atoms with Crippen LogP contribution >= 0.6 is 10.8 Å². The summed E-state index contributed by atoms with van der Waals surface area (Å²) in [7, 11) is -2.56. The Balaban J connectivity index is 2.11. The van der Waals surface area contributed by atoms with Gasteiger partial charge in [-0.15, -0.1) is 0 Å². The molecule has 0 spiro atoms. The van der Waals surface area contributed by atoms with Gasteiger partial charge in [0.1, 0.15) is 0 Å². The van der Waals surface area contributed by atoms with Gasteiger partial charge >= 0.3 is 0 Å². The Labute approximate surface area is 91.4 Å². The Kier molecular flexibility index (Phi) is 2.70. The van der Waals surface area contributed by atoms with Crippen molar-refractivity contribution in [3.63, 3.8) is 0 Å². The van der Waals surface area contributed by atoms with Gasteiger partial charge in [-0.3, -0.25) is 4.79 Å². The fourth-order valence-electron chi connectivity index (χ4n) is 1.18. The molecule has 4 nitrogen and oxygen atoms in total. The van der Waals surface area contributed by atoms with E-state index in [1.54, 1.807) is 30.3 Å². The molecule has 1 heterocycles. The number of β-lactam (4-membered cyclic amide) rings is 1. The lowest BCUT2D eigenvalue weighted by Gasteiger charge is -2.25. The van der Waals surface area contributed by atoms with E-state index in [2.05, 4.69) is 5.32 Å². The van der Waals surface area contributed by atoms with Crippen LogP contribution in [0, 0.1) is 0 Å².